The molecule has 0 spiro atoms. The Morgan fingerprint density at radius 3 is 2.78 bits per heavy atom. The molecule has 0 aliphatic carbocycles. The third-order valence-electron chi connectivity index (χ3n) is 4.89. The highest BCUT2D eigenvalue weighted by atomic mass is 16.5. The third-order valence-corrected chi connectivity index (χ3v) is 4.89. The molecule has 1 aromatic carbocycles. The third kappa shape index (κ3) is 3.34. The number of amides is 1. The van der Waals surface area contributed by atoms with Gasteiger partial charge in [-0.1, -0.05) is 18.2 Å². The van der Waals surface area contributed by atoms with Gasteiger partial charge in [-0.25, -0.2) is 0 Å². The smallest absolute Gasteiger partial charge is 0.236 e. The van der Waals surface area contributed by atoms with Crippen LogP contribution in [0.2, 0.25) is 0 Å². The lowest BCUT2D eigenvalue weighted by atomic mass is 9.85. The highest BCUT2D eigenvalue weighted by molar-refractivity contribution is 5.78. The fourth-order valence-corrected chi connectivity index (χ4v) is 3.27. The van der Waals surface area contributed by atoms with Gasteiger partial charge in [0.2, 0.25) is 5.91 Å². The fraction of sp³-hybridized carbons (Fsp3) is 0.588. The van der Waals surface area contributed by atoms with E-state index in [1.165, 1.54) is 0 Å². The van der Waals surface area contributed by atoms with Crippen LogP contribution >= 0.6 is 0 Å². The summed E-state index contributed by atoms with van der Waals surface area (Å²) in [4.78, 5) is 16.6. The number of carbonyl (C=O) groups excluding carboxylic acids is 1. The number of aliphatic hydroxyl groups is 1. The Morgan fingerprint density at radius 1 is 1.30 bits per heavy atom. The van der Waals surface area contributed by atoms with E-state index in [4.69, 9.17) is 4.74 Å². The van der Waals surface area contributed by atoms with E-state index in [0.29, 0.717) is 13.0 Å². The van der Waals surface area contributed by atoms with Gasteiger partial charge in [0, 0.05) is 38.2 Å². The molecule has 6 heteroatoms. The number of hydrogen-bond acceptors (Lipinski definition) is 5. The normalized spacial score (nSPS) is 24.9. The lowest BCUT2D eigenvalue weighted by Crippen LogP contribution is -2.54. The molecule has 1 unspecified atom stereocenters. The first-order chi connectivity index (χ1) is 11.1. The van der Waals surface area contributed by atoms with E-state index in [0.717, 1.165) is 37.5 Å². The summed E-state index contributed by atoms with van der Waals surface area (Å²) in [6.45, 7) is 4.07. The highest BCUT2D eigenvalue weighted by Crippen LogP contribution is 2.36. The molecule has 2 heterocycles. The van der Waals surface area contributed by atoms with E-state index < -0.39 is 5.54 Å². The van der Waals surface area contributed by atoms with Crippen molar-refractivity contribution >= 4 is 5.91 Å². The average Bonchev–Trinajstić information content (AvgIpc) is 2.60. The molecule has 1 amide bonds. The van der Waals surface area contributed by atoms with Crippen LogP contribution in [0.4, 0.5) is 0 Å². The molecule has 1 fully saturated rings. The van der Waals surface area contributed by atoms with Gasteiger partial charge in [0.25, 0.3) is 0 Å². The van der Waals surface area contributed by atoms with E-state index in [-0.39, 0.29) is 19.1 Å². The van der Waals surface area contributed by atoms with Crippen LogP contribution in [-0.4, -0.2) is 73.8 Å². The molecule has 1 atom stereocenters. The number of rotatable bonds is 4. The number of nitrogens with zero attached hydrogens (tertiary/aromatic N) is 2. The maximum atomic E-state index is 12.4. The van der Waals surface area contributed by atoms with Gasteiger partial charge in [-0.3, -0.25) is 10.1 Å². The van der Waals surface area contributed by atoms with Crippen LogP contribution in [0.3, 0.4) is 0 Å². The Bertz CT molecular complexity index is 558. The van der Waals surface area contributed by atoms with Crippen LogP contribution < -0.4 is 10.1 Å². The topological polar surface area (TPSA) is 65.0 Å². The van der Waals surface area contributed by atoms with E-state index in [2.05, 4.69) is 17.3 Å². The molecule has 1 saturated heterocycles. The fourth-order valence-electron chi connectivity index (χ4n) is 3.27. The molecule has 126 valence electrons. The Morgan fingerprint density at radius 2 is 2.04 bits per heavy atom. The van der Waals surface area contributed by atoms with Gasteiger partial charge in [0.15, 0.2) is 0 Å². The second kappa shape index (κ2) is 6.86. The Labute approximate surface area is 137 Å². The molecule has 3 rings (SSSR count). The van der Waals surface area contributed by atoms with Gasteiger partial charge >= 0.3 is 0 Å². The number of nitrogens with one attached hydrogen (secondary N) is 1. The molecule has 1 aromatic rings. The van der Waals surface area contributed by atoms with Crippen molar-refractivity contribution in [2.75, 3.05) is 53.0 Å². The predicted molar refractivity (Wildman–Crippen MR) is 87.4 cm³/mol. The van der Waals surface area contributed by atoms with Crippen molar-refractivity contribution in [2.45, 2.75) is 12.0 Å². The molecule has 0 saturated carbocycles. The first kappa shape index (κ1) is 16.2. The number of ether oxygens (including phenoxy) is 1. The summed E-state index contributed by atoms with van der Waals surface area (Å²) in [6.07, 6.45) is 0.649. The van der Waals surface area contributed by atoms with Gasteiger partial charge in [-0.05, 0) is 13.1 Å². The van der Waals surface area contributed by atoms with E-state index in [9.17, 15) is 9.90 Å². The highest BCUT2D eigenvalue weighted by Gasteiger charge is 2.37. The van der Waals surface area contributed by atoms with Crippen molar-refractivity contribution in [3.05, 3.63) is 29.8 Å². The first-order valence-electron chi connectivity index (χ1n) is 8.19. The summed E-state index contributed by atoms with van der Waals surface area (Å²) in [5.41, 5.74) is 0.330. The SMILES string of the molecule is CN1CCN(C(=O)CNC2(CO)CCOc3ccccc32)CC1. The number of likely N-dealkylation sites (N-methyl/N-ethyl adjacent to an activating group) is 1. The van der Waals surface area contributed by atoms with Gasteiger partial charge in [-0.2, -0.15) is 0 Å². The second-order valence-corrected chi connectivity index (χ2v) is 6.37. The zero-order chi connectivity index (χ0) is 16.3. The van der Waals surface area contributed by atoms with E-state index in [1.807, 2.05) is 29.2 Å². The van der Waals surface area contributed by atoms with Crippen molar-refractivity contribution in [3.8, 4) is 5.75 Å². The van der Waals surface area contributed by atoms with Crippen LogP contribution in [0.25, 0.3) is 0 Å². The monoisotopic (exact) mass is 319 g/mol. The second-order valence-electron chi connectivity index (χ2n) is 6.37. The zero-order valence-electron chi connectivity index (χ0n) is 13.6. The lowest BCUT2D eigenvalue weighted by Gasteiger charge is -2.39. The molecule has 2 N–H and O–H groups in total. The number of carbonyl (C=O) groups is 1. The zero-order valence-corrected chi connectivity index (χ0v) is 13.6. The van der Waals surface area contributed by atoms with Crippen LogP contribution in [0.1, 0.15) is 12.0 Å². The Hall–Kier alpha value is -1.63. The van der Waals surface area contributed by atoms with Crippen molar-refractivity contribution in [2.24, 2.45) is 0 Å². The predicted octanol–water partition coefficient (Wildman–Crippen LogP) is 0.0203. The van der Waals surface area contributed by atoms with Crippen LogP contribution in [0.5, 0.6) is 5.75 Å². The summed E-state index contributed by atoms with van der Waals surface area (Å²) in [5.74, 6) is 0.877. The van der Waals surface area contributed by atoms with Gasteiger partial charge < -0.3 is 19.6 Å². The maximum absolute atomic E-state index is 12.4. The number of fused-ring (bicyclic) bond motifs is 1. The van der Waals surface area contributed by atoms with Gasteiger partial charge in [0.1, 0.15) is 5.75 Å². The summed E-state index contributed by atoms with van der Waals surface area (Å²) >= 11 is 0. The number of benzene rings is 1. The Kier molecular flexibility index (Phi) is 4.84. The quantitative estimate of drug-likeness (QED) is 0.819. The number of piperazine rings is 1. The molecular formula is C17H25N3O3. The lowest BCUT2D eigenvalue weighted by molar-refractivity contribution is -0.132. The number of para-hydroxylation sites is 1. The van der Waals surface area contributed by atoms with Crippen LogP contribution in [-0.2, 0) is 10.3 Å². The summed E-state index contributed by atoms with van der Waals surface area (Å²) in [5, 5.41) is 13.3. The molecule has 0 bridgehead atoms. The summed E-state index contributed by atoms with van der Waals surface area (Å²) in [6, 6.07) is 7.71. The Balaban J connectivity index is 1.67. The van der Waals surface area contributed by atoms with Crippen LogP contribution in [0, 0.1) is 0 Å². The molecule has 0 aromatic heterocycles. The molecule has 6 nitrogen and oxygen atoms in total. The number of hydrogen-bond donors (Lipinski definition) is 2. The average molecular weight is 319 g/mol. The van der Waals surface area contributed by atoms with Crippen molar-refractivity contribution in [1.29, 1.82) is 0 Å². The minimum absolute atomic E-state index is 0.0522. The summed E-state index contributed by atoms with van der Waals surface area (Å²) < 4.78 is 5.66. The molecule has 2 aliphatic rings. The molecule has 23 heavy (non-hydrogen) atoms. The van der Waals surface area contributed by atoms with Gasteiger partial charge in [0.05, 0.1) is 25.3 Å². The molecular weight excluding hydrogens is 294 g/mol. The standard InChI is InChI=1S/C17H25N3O3/c1-19-7-9-20(10-8-19)16(22)12-18-17(13-21)6-11-23-15-5-3-2-4-14(15)17/h2-5,18,21H,6-13H2,1H3. The van der Waals surface area contributed by atoms with Crippen molar-refractivity contribution in [3.63, 3.8) is 0 Å². The molecule has 2 aliphatic heterocycles. The maximum Gasteiger partial charge on any atom is 0.236 e. The van der Waals surface area contributed by atoms with Crippen molar-refractivity contribution in [1.82, 2.24) is 15.1 Å². The summed E-state index contributed by atoms with van der Waals surface area (Å²) in [7, 11) is 2.07. The van der Waals surface area contributed by atoms with Crippen molar-refractivity contribution < 1.29 is 14.6 Å². The number of aliphatic hydroxyl groups excluding tert-OH is 1. The van der Waals surface area contributed by atoms with Gasteiger partial charge in [-0.15, -0.1) is 0 Å². The van der Waals surface area contributed by atoms with Crippen LogP contribution in [0.15, 0.2) is 24.3 Å². The minimum Gasteiger partial charge on any atom is -0.493 e. The largest absolute Gasteiger partial charge is 0.493 e. The van der Waals surface area contributed by atoms with E-state index >= 15 is 0 Å². The first-order valence-corrected chi connectivity index (χ1v) is 8.19. The molecule has 0 radical (unpaired) electrons. The minimum atomic E-state index is -0.600. The van der Waals surface area contributed by atoms with E-state index in [1.54, 1.807) is 0 Å².